The maximum Gasteiger partial charge on any atom is 0.152 e. The number of hydrogen-bond donors (Lipinski definition) is 0. The number of halogens is 1. The van der Waals surface area contributed by atoms with Crippen LogP contribution in [0.1, 0.15) is 5.56 Å². The fourth-order valence-corrected chi connectivity index (χ4v) is 1.62. The van der Waals surface area contributed by atoms with Crippen molar-refractivity contribution in [2.45, 2.75) is 6.61 Å². The number of ether oxygens (including phenoxy) is 1. The lowest BCUT2D eigenvalue weighted by atomic mass is 10.1. The van der Waals surface area contributed by atoms with Crippen LogP contribution >= 0.6 is 11.6 Å². The van der Waals surface area contributed by atoms with Crippen LogP contribution in [-0.2, 0) is 11.3 Å². The van der Waals surface area contributed by atoms with Crippen molar-refractivity contribution in [1.82, 2.24) is 10.2 Å². The summed E-state index contributed by atoms with van der Waals surface area (Å²) >= 11 is 5.78. The van der Waals surface area contributed by atoms with Crippen molar-refractivity contribution in [2.24, 2.45) is 0 Å². The van der Waals surface area contributed by atoms with Crippen LogP contribution in [0.2, 0.25) is 5.15 Å². The number of benzene rings is 1. The van der Waals surface area contributed by atoms with Gasteiger partial charge in [-0.2, -0.15) is 5.10 Å². The van der Waals surface area contributed by atoms with Crippen LogP contribution in [0.3, 0.4) is 0 Å². The molecule has 16 heavy (non-hydrogen) atoms. The summed E-state index contributed by atoms with van der Waals surface area (Å²) in [5.41, 5.74) is 3.17. The zero-order valence-corrected chi connectivity index (χ0v) is 9.61. The predicted molar refractivity (Wildman–Crippen MR) is 63.2 cm³/mol. The summed E-state index contributed by atoms with van der Waals surface area (Å²) in [6, 6.07) is 9.86. The Balaban J connectivity index is 2.27. The fourth-order valence-electron chi connectivity index (χ4n) is 1.46. The van der Waals surface area contributed by atoms with Gasteiger partial charge in [-0.05, 0) is 17.2 Å². The van der Waals surface area contributed by atoms with E-state index < -0.39 is 0 Å². The zero-order valence-electron chi connectivity index (χ0n) is 8.85. The van der Waals surface area contributed by atoms with Gasteiger partial charge in [-0.25, -0.2) is 0 Å². The summed E-state index contributed by atoms with van der Waals surface area (Å²) < 4.78 is 5.05. The van der Waals surface area contributed by atoms with Crippen LogP contribution in [0.25, 0.3) is 11.1 Å². The quantitative estimate of drug-likeness (QED) is 0.819. The van der Waals surface area contributed by atoms with Gasteiger partial charge in [-0.1, -0.05) is 35.9 Å². The van der Waals surface area contributed by atoms with Crippen LogP contribution in [-0.4, -0.2) is 17.3 Å². The van der Waals surface area contributed by atoms with Crippen LogP contribution in [0.15, 0.2) is 36.5 Å². The molecule has 0 aliphatic carbocycles. The van der Waals surface area contributed by atoms with Crippen molar-refractivity contribution in [3.8, 4) is 11.1 Å². The first kappa shape index (κ1) is 11.0. The van der Waals surface area contributed by atoms with Crippen molar-refractivity contribution in [3.63, 3.8) is 0 Å². The highest BCUT2D eigenvalue weighted by Crippen LogP contribution is 2.20. The molecule has 0 aliphatic heterocycles. The fraction of sp³-hybridized carbons (Fsp3) is 0.167. The lowest BCUT2D eigenvalue weighted by molar-refractivity contribution is 0.185. The Morgan fingerprint density at radius 1 is 1.19 bits per heavy atom. The van der Waals surface area contributed by atoms with Gasteiger partial charge in [-0.15, -0.1) is 5.10 Å². The van der Waals surface area contributed by atoms with Gasteiger partial charge in [0, 0.05) is 12.7 Å². The summed E-state index contributed by atoms with van der Waals surface area (Å²) in [6.07, 6.45) is 1.69. The highest BCUT2D eigenvalue weighted by atomic mass is 35.5. The average molecular weight is 235 g/mol. The molecule has 0 saturated carbocycles. The molecule has 0 unspecified atom stereocenters. The SMILES string of the molecule is COCc1ccc(-c2cnnc(Cl)c2)cc1. The van der Waals surface area contributed by atoms with E-state index in [9.17, 15) is 0 Å². The number of rotatable bonds is 3. The second-order valence-electron chi connectivity index (χ2n) is 3.40. The van der Waals surface area contributed by atoms with Crippen LogP contribution in [0.4, 0.5) is 0 Å². The molecule has 0 fully saturated rings. The Labute approximate surface area is 99.0 Å². The summed E-state index contributed by atoms with van der Waals surface area (Å²) in [6.45, 7) is 0.621. The minimum absolute atomic E-state index is 0.401. The number of aromatic nitrogens is 2. The highest BCUT2D eigenvalue weighted by molar-refractivity contribution is 6.29. The largest absolute Gasteiger partial charge is 0.380 e. The molecular weight excluding hydrogens is 224 g/mol. The Kier molecular flexibility index (Phi) is 3.49. The summed E-state index contributed by atoms with van der Waals surface area (Å²) in [7, 11) is 1.68. The molecule has 0 atom stereocenters. The summed E-state index contributed by atoms with van der Waals surface area (Å²) in [5, 5.41) is 7.92. The third kappa shape index (κ3) is 2.56. The van der Waals surface area contributed by atoms with Crippen LogP contribution < -0.4 is 0 Å². The van der Waals surface area contributed by atoms with E-state index in [0.717, 1.165) is 16.7 Å². The second kappa shape index (κ2) is 5.05. The van der Waals surface area contributed by atoms with Gasteiger partial charge in [-0.3, -0.25) is 0 Å². The molecule has 3 nitrogen and oxygen atoms in total. The molecule has 4 heteroatoms. The Morgan fingerprint density at radius 2 is 1.94 bits per heavy atom. The van der Waals surface area contributed by atoms with E-state index in [1.165, 1.54) is 0 Å². The molecule has 0 N–H and O–H groups in total. The molecular formula is C12H11ClN2O. The molecule has 0 amide bonds. The Hall–Kier alpha value is -1.45. The molecule has 0 aliphatic rings. The second-order valence-corrected chi connectivity index (χ2v) is 3.78. The van der Waals surface area contributed by atoms with Crippen molar-refractivity contribution in [3.05, 3.63) is 47.2 Å². The molecule has 1 heterocycles. The van der Waals surface area contributed by atoms with Crippen molar-refractivity contribution < 1.29 is 4.74 Å². The summed E-state index contributed by atoms with van der Waals surface area (Å²) in [5.74, 6) is 0. The zero-order chi connectivity index (χ0) is 11.4. The van der Waals surface area contributed by atoms with E-state index in [1.807, 2.05) is 24.3 Å². The van der Waals surface area contributed by atoms with E-state index >= 15 is 0 Å². The number of nitrogens with zero attached hydrogens (tertiary/aromatic N) is 2. The molecule has 0 radical (unpaired) electrons. The molecule has 0 spiro atoms. The molecule has 2 rings (SSSR count). The lowest BCUT2D eigenvalue weighted by Gasteiger charge is -2.03. The van der Waals surface area contributed by atoms with Gasteiger partial charge in [0.1, 0.15) is 0 Å². The van der Waals surface area contributed by atoms with Crippen molar-refractivity contribution >= 4 is 11.6 Å². The maximum absolute atomic E-state index is 5.78. The molecule has 82 valence electrons. The van der Waals surface area contributed by atoms with E-state index in [4.69, 9.17) is 16.3 Å². The van der Waals surface area contributed by atoms with Gasteiger partial charge >= 0.3 is 0 Å². The Morgan fingerprint density at radius 3 is 2.56 bits per heavy atom. The topological polar surface area (TPSA) is 35.0 Å². The third-order valence-electron chi connectivity index (χ3n) is 2.22. The minimum Gasteiger partial charge on any atom is -0.380 e. The van der Waals surface area contributed by atoms with E-state index in [1.54, 1.807) is 19.4 Å². The minimum atomic E-state index is 0.401. The average Bonchev–Trinajstić information content (AvgIpc) is 2.30. The monoisotopic (exact) mass is 234 g/mol. The standard InChI is InChI=1S/C12H11ClN2O/c1-16-8-9-2-4-10(5-3-9)11-6-12(13)15-14-7-11/h2-7H,8H2,1H3. The molecule has 2 aromatic rings. The first-order valence-electron chi connectivity index (χ1n) is 4.86. The molecule has 1 aromatic carbocycles. The highest BCUT2D eigenvalue weighted by Gasteiger charge is 2.00. The third-order valence-corrected chi connectivity index (χ3v) is 2.41. The molecule has 1 aromatic heterocycles. The van der Waals surface area contributed by atoms with Crippen molar-refractivity contribution in [2.75, 3.05) is 7.11 Å². The lowest BCUT2D eigenvalue weighted by Crippen LogP contribution is -1.88. The first-order valence-corrected chi connectivity index (χ1v) is 5.24. The van der Waals surface area contributed by atoms with Crippen LogP contribution in [0.5, 0.6) is 0 Å². The van der Waals surface area contributed by atoms with Gasteiger partial charge in [0.05, 0.1) is 12.8 Å². The molecule has 0 bridgehead atoms. The van der Waals surface area contributed by atoms with Gasteiger partial charge in [0.15, 0.2) is 5.15 Å². The van der Waals surface area contributed by atoms with Crippen LogP contribution in [0, 0.1) is 0 Å². The summed E-state index contributed by atoms with van der Waals surface area (Å²) in [4.78, 5) is 0. The van der Waals surface area contributed by atoms with Gasteiger partial charge < -0.3 is 4.74 Å². The Bertz CT molecular complexity index is 471. The van der Waals surface area contributed by atoms with E-state index in [-0.39, 0.29) is 0 Å². The number of methoxy groups -OCH3 is 1. The predicted octanol–water partition coefficient (Wildman–Crippen LogP) is 2.94. The van der Waals surface area contributed by atoms with E-state index in [0.29, 0.717) is 11.8 Å². The molecule has 0 saturated heterocycles. The number of hydrogen-bond acceptors (Lipinski definition) is 3. The van der Waals surface area contributed by atoms with Gasteiger partial charge in [0.2, 0.25) is 0 Å². The maximum atomic E-state index is 5.78. The van der Waals surface area contributed by atoms with Crippen molar-refractivity contribution in [1.29, 1.82) is 0 Å². The smallest absolute Gasteiger partial charge is 0.152 e. The van der Waals surface area contributed by atoms with E-state index in [2.05, 4.69) is 10.2 Å². The van der Waals surface area contributed by atoms with Gasteiger partial charge in [0.25, 0.3) is 0 Å². The first-order chi connectivity index (χ1) is 7.79. The normalized spacial score (nSPS) is 10.4.